The standard InChI is InChI=1S/C12H15N3O2/c1-7-5-4-6-9-10(7)15(3)14-11(9)13-8(2)12(16)17/h4-6,8H,1-3H3,(H,13,14)(H,16,17). The molecule has 2 N–H and O–H groups in total. The van der Waals surface area contributed by atoms with Crippen LogP contribution in [0.15, 0.2) is 18.2 Å². The van der Waals surface area contributed by atoms with Crippen LogP contribution in [0.2, 0.25) is 0 Å². The predicted molar refractivity (Wildman–Crippen MR) is 66.2 cm³/mol. The number of rotatable bonds is 3. The van der Waals surface area contributed by atoms with Gasteiger partial charge in [-0.2, -0.15) is 5.10 Å². The van der Waals surface area contributed by atoms with Gasteiger partial charge in [-0.05, 0) is 25.5 Å². The summed E-state index contributed by atoms with van der Waals surface area (Å²) >= 11 is 0. The molecule has 1 aromatic carbocycles. The van der Waals surface area contributed by atoms with E-state index in [-0.39, 0.29) is 0 Å². The van der Waals surface area contributed by atoms with Crippen LogP contribution in [0.5, 0.6) is 0 Å². The lowest BCUT2D eigenvalue weighted by molar-refractivity contribution is -0.137. The topological polar surface area (TPSA) is 67.2 Å². The van der Waals surface area contributed by atoms with Crippen LogP contribution in [-0.4, -0.2) is 26.9 Å². The van der Waals surface area contributed by atoms with E-state index in [1.807, 2.05) is 32.2 Å². The van der Waals surface area contributed by atoms with E-state index < -0.39 is 12.0 Å². The lowest BCUT2D eigenvalue weighted by Crippen LogP contribution is -2.25. The van der Waals surface area contributed by atoms with Gasteiger partial charge >= 0.3 is 5.97 Å². The number of nitrogens with one attached hydrogen (secondary N) is 1. The Hall–Kier alpha value is -2.04. The van der Waals surface area contributed by atoms with Crippen molar-refractivity contribution in [1.29, 1.82) is 0 Å². The number of carboxylic acids is 1. The molecular formula is C12H15N3O2. The molecule has 5 nitrogen and oxygen atoms in total. The van der Waals surface area contributed by atoms with E-state index in [4.69, 9.17) is 5.11 Å². The molecule has 1 heterocycles. The van der Waals surface area contributed by atoms with Crippen molar-refractivity contribution < 1.29 is 9.90 Å². The molecule has 0 aliphatic carbocycles. The summed E-state index contributed by atoms with van der Waals surface area (Å²) in [4.78, 5) is 10.8. The number of carboxylic acid groups (broad SMARTS) is 1. The molecule has 0 saturated heterocycles. The number of hydrogen-bond donors (Lipinski definition) is 2. The monoisotopic (exact) mass is 233 g/mol. The summed E-state index contributed by atoms with van der Waals surface area (Å²) in [5, 5.41) is 17.0. The average Bonchev–Trinajstić information content (AvgIpc) is 2.57. The molecule has 5 heteroatoms. The Morgan fingerprint density at radius 2 is 2.24 bits per heavy atom. The van der Waals surface area contributed by atoms with Gasteiger partial charge in [-0.3, -0.25) is 9.48 Å². The van der Waals surface area contributed by atoms with Gasteiger partial charge in [0.15, 0.2) is 5.82 Å². The molecule has 1 unspecified atom stereocenters. The lowest BCUT2D eigenvalue weighted by Gasteiger charge is -2.07. The molecule has 2 rings (SSSR count). The first-order chi connectivity index (χ1) is 8.00. The third-order valence-corrected chi connectivity index (χ3v) is 2.79. The maximum atomic E-state index is 10.8. The van der Waals surface area contributed by atoms with Gasteiger partial charge in [0, 0.05) is 12.4 Å². The van der Waals surface area contributed by atoms with Crippen molar-refractivity contribution in [1.82, 2.24) is 9.78 Å². The minimum atomic E-state index is -0.892. The number of fused-ring (bicyclic) bond motifs is 1. The van der Waals surface area contributed by atoms with E-state index in [1.165, 1.54) is 0 Å². The quantitative estimate of drug-likeness (QED) is 0.847. The molecule has 0 saturated carbocycles. The first kappa shape index (κ1) is 11.4. The number of para-hydroxylation sites is 1. The Bertz CT molecular complexity index is 574. The fourth-order valence-electron chi connectivity index (χ4n) is 1.91. The fraction of sp³-hybridized carbons (Fsp3) is 0.333. The van der Waals surface area contributed by atoms with Gasteiger partial charge in [-0.15, -0.1) is 0 Å². The van der Waals surface area contributed by atoms with Gasteiger partial charge < -0.3 is 10.4 Å². The van der Waals surface area contributed by atoms with Crippen molar-refractivity contribution in [2.75, 3.05) is 5.32 Å². The molecule has 0 aliphatic heterocycles. The number of carbonyl (C=O) groups is 1. The fourth-order valence-corrected chi connectivity index (χ4v) is 1.91. The number of hydrogen-bond acceptors (Lipinski definition) is 3. The summed E-state index contributed by atoms with van der Waals surface area (Å²) in [5.74, 6) is -0.280. The Morgan fingerprint density at radius 3 is 2.88 bits per heavy atom. The molecule has 0 amide bonds. The molecule has 1 aromatic heterocycles. The van der Waals surface area contributed by atoms with Gasteiger partial charge in [0.2, 0.25) is 0 Å². The third-order valence-electron chi connectivity index (χ3n) is 2.79. The van der Waals surface area contributed by atoms with Crippen LogP contribution < -0.4 is 5.32 Å². The average molecular weight is 233 g/mol. The van der Waals surface area contributed by atoms with Gasteiger partial charge in [-0.25, -0.2) is 0 Å². The molecule has 0 aliphatic rings. The van der Waals surface area contributed by atoms with E-state index in [0.29, 0.717) is 5.82 Å². The van der Waals surface area contributed by atoms with Crippen LogP contribution in [0, 0.1) is 6.92 Å². The second-order valence-corrected chi connectivity index (χ2v) is 4.15. The van der Waals surface area contributed by atoms with Crippen molar-refractivity contribution in [2.24, 2.45) is 7.05 Å². The molecule has 0 spiro atoms. The second-order valence-electron chi connectivity index (χ2n) is 4.15. The Morgan fingerprint density at radius 1 is 1.53 bits per heavy atom. The summed E-state index contributed by atoms with van der Waals surface area (Å²) < 4.78 is 1.77. The zero-order valence-electron chi connectivity index (χ0n) is 10.1. The Balaban J connectivity index is 2.49. The predicted octanol–water partition coefficient (Wildman–Crippen LogP) is 1.77. The van der Waals surface area contributed by atoms with Gasteiger partial charge in [0.05, 0.1) is 5.52 Å². The maximum absolute atomic E-state index is 10.8. The molecule has 0 radical (unpaired) electrons. The van der Waals surface area contributed by atoms with E-state index in [9.17, 15) is 4.79 Å². The molecular weight excluding hydrogens is 218 g/mol. The highest BCUT2D eigenvalue weighted by Crippen LogP contribution is 2.25. The maximum Gasteiger partial charge on any atom is 0.325 e. The molecule has 2 aromatic rings. The third kappa shape index (κ3) is 1.95. The number of aromatic nitrogens is 2. The van der Waals surface area contributed by atoms with Crippen molar-refractivity contribution in [3.05, 3.63) is 23.8 Å². The lowest BCUT2D eigenvalue weighted by atomic mass is 10.1. The zero-order valence-corrected chi connectivity index (χ0v) is 10.1. The Labute approximate surface area is 99.1 Å². The van der Waals surface area contributed by atoms with Gasteiger partial charge in [0.1, 0.15) is 6.04 Å². The SMILES string of the molecule is Cc1cccc2c(NC(C)C(=O)O)nn(C)c12. The van der Waals surface area contributed by atoms with Crippen LogP contribution in [-0.2, 0) is 11.8 Å². The summed E-state index contributed by atoms with van der Waals surface area (Å²) in [6, 6.07) is 5.23. The number of anilines is 1. The van der Waals surface area contributed by atoms with Crippen LogP contribution >= 0.6 is 0 Å². The number of aliphatic carboxylic acids is 1. The van der Waals surface area contributed by atoms with E-state index in [1.54, 1.807) is 11.6 Å². The highest BCUT2D eigenvalue weighted by molar-refractivity contribution is 5.93. The molecule has 17 heavy (non-hydrogen) atoms. The van der Waals surface area contributed by atoms with Gasteiger partial charge in [-0.1, -0.05) is 12.1 Å². The Kier molecular flexibility index (Phi) is 2.75. The number of aryl methyl sites for hydroxylation is 2. The molecule has 0 fully saturated rings. The van der Waals surface area contributed by atoms with Crippen LogP contribution in [0.4, 0.5) is 5.82 Å². The molecule has 90 valence electrons. The first-order valence-corrected chi connectivity index (χ1v) is 5.42. The van der Waals surface area contributed by atoms with Crippen molar-refractivity contribution in [3.63, 3.8) is 0 Å². The highest BCUT2D eigenvalue weighted by atomic mass is 16.4. The van der Waals surface area contributed by atoms with E-state index in [2.05, 4.69) is 10.4 Å². The molecule has 1 atom stereocenters. The largest absolute Gasteiger partial charge is 0.480 e. The second kappa shape index (κ2) is 4.08. The first-order valence-electron chi connectivity index (χ1n) is 5.42. The summed E-state index contributed by atoms with van der Waals surface area (Å²) in [5.41, 5.74) is 2.14. The normalized spacial score (nSPS) is 12.6. The summed E-state index contributed by atoms with van der Waals surface area (Å²) in [7, 11) is 1.85. The van der Waals surface area contributed by atoms with Crippen LogP contribution in [0.3, 0.4) is 0 Å². The van der Waals surface area contributed by atoms with Crippen LogP contribution in [0.25, 0.3) is 10.9 Å². The minimum absolute atomic E-state index is 0.612. The van der Waals surface area contributed by atoms with E-state index >= 15 is 0 Å². The number of nitrogens with zero attached hydrogens (tertiary/aromatic N) is 2. The molecule has 0 bridgehead atoms. The van der Waals surface area contributed by atoms with Crippen molar-refractivity contribution in [2.45, 2.75) is 19.9 Å². The van der Waals surface area contributed by atoms with Gasteiger partial charge in [0.25, 0.3) is 0 Å². The van der Waals surface area contributed by atoms with Crippen molar-refractivity contribution >= 4 is 22.7 Å². The minimum Gasteiger partial charge on any atom is -0.480 e. The van der Waals surface area contributed by atoms with E-state index in [0.717, 1.165) is 16.5 Å². The van der Waals surface area contributed by atoms with Crippen LogP contribution in [0.1, 0.15) is 12.5 Å². The zero-order chi connectivity index (χ0) is 12.6. The summed E-state index contributed by atoms with van der Waals surface area (Å²) in [6.07, 6.45) is 0. The highest BCUT2D eigenvalue weighted by Gasteiger charge is 2.15. The summed E-state index contributed by atoms with van der Waals surface area (Å²) in [6.45, 7) is 3.60. The number of benzene rings is 1. The smallest absolute Gasteiger partial charge is 0.325 e. The van der Waals surface area contributed by atoms with Crippen molar-refractivity contribution in [3.8, 4) is 0 Å².